The first-order valence-corrected chi connectivity index (χ1v) is 8.33. The molecule has 0 bridgehead atoms. The number of rotatable bonds is 1. The number of benzene rings is 4. The zero-order chi connectivity index (χ0) is 15.6. The van der Waals surface area contributed by atoms with Crippen LogP contribution in [0.2, 0.25) is 0 Å². The van der Waals surface area contributed by atoms with E-state index >= 15 is 0 Å². The van der Waals surface area contributed by atoms with Gasteiger partial charge < -0.3 is 0 Å². The zero-order valence-corrected chi connectivity index (χ0v) is 13.4. The average molecular weight is 294 g/mol. The second-order valence-corrected chi connectivity index (χ2v) is 6.83. The van der Waals surface area contributed by atoms with Gasteiger partial charge in [0.25, 0.3) is 0 Å². The molecular formula is C23H18. The predicted molar refractivity (Wildman–Crippen MR) is 100.0 cm³/mol. The van der Waals surface area contributed by atoms with Gasteiger partial charge in [-0.1, -0.05) is 68.4 Å². The second-order valence-electron chi connectivity index (χ2n) is 6.83. The molecule has 5 rings (SSSR count). The third kappa shape index (κ3) is 1.66. The van der Waals surface area contributed by atoms with Gasteiger partial charge in [0, 0.05) is 0 Å². The molecular weight excluding hydrogens is 276 g/mol. The van der Waals surface area contributed by atoms with Crippen LogP contribution in [0.1, 0.15) is 25.3 Å². The summed E-state index contributed by atoms with van der Waals surface area (Å²) in [6.07, 6.45) is 0. The van der Waals surface area contributed by atoms with E-state index in [1.807, 2.05) is 0 Å². The molecule has 1 aliphatic rings. The minimum Gasteiger partial charge on any atom is -0.0616 e. The summed E-state index contributed by atoms with van der Waals surface area (Å²) in [6.45, 7) is 4.56. The Hall–Kier alpha value is -2.60. The van der Waals surface area contributed by atoms with Gasteiger partial charge in [-0.05, 0) is 67.4 Å². The van der Waals surface area contributed by atoms with Gasteiger partial charge >= 0.3 is 0 Å². The smallest absolute Gasteiger partial charge is 0.00235 e. The maximum atomic E-state index is 2.36. The van der Waals surface area contributed by atoms with Crippen LogP contribution in [0.15, 0.2) is 66.7 Å². The molecule has 0 radical (unpaired) electrons. The van der Waals surface area contributed by atoms with Gasteiger partial charge in [0.15, 0.2) is 0 Å². The van der Waals surface area contributed by atoms with Crippen molar-refractivity contribution in [2.24, 2.45) is 0 Å². The summed E-state index contributed by atoms with van der Waals surface area (Å²) in [7, 11) is 0. The lowest BCUT2D eigenvalue weighted by Crippen LogP contribution is -1.89. The lowest BCUT2D eigenvalue weighted by molar-refractivity contribution is 0.876. The van der Waals surface area contributed by atoms with Crippen LogP contribution in [-0.2, 0) is 0 Å². The third-order valence-electron chi connectivity index (χ3n) is 5.16. The minimum absolute atomic E-state index is 0.544. The molecule has 1 aliphatic carbocycles. The van der Waals surface area contributed by atoms with Crippen LogP contribution in [0.3, 0.4) is 0 Å². The minimum atomic E-state index is 0.544. The zero-order valence-electron chi connectivity index (χ0n) is 13.4. The van der Waals surface area contributed by atoms with Crippen LogP contribution in [0.4, 0.5) is 0 Å². The summed E-state index contributed by atoms with van der Waals surface area (Å²) < 4.78 is 0. The largest absolute Gasteiger partial charge is 0.0616 e. The molecule has 4 aromatic carbocycles. The fourth-order valence-electron chi connectivity index (χ4n) is 4.07. The summed E-state index contributed by atoms with van der Waals surface area (Å²) >= 11 is 0. The molecule has 0 aliphatic heterocycles. The van der Waals surface area contributed by atoms with Crippen molar-refractivity contribution in [2.75, 3.05) is 0 Å². The van der Waals surface area contributed by atoms with Crippen LogP contribution in [-0.4, -0.2) is 0 Å². The molecule has 0 fully saturated rings. The summed E-state index contributed by atoms with van der Waals surface area (Å²) in [5.74, 6) is 0.544. The van der Waals surface area contributed by atoms with Crippen molar-refractivity contribution >= 4 is 21.5 Å². The van der Waals surface area contributed by atoms with E-state index in [0.29, 0.717) is 5.92 Å². The number of fused-ring (bicyclic) bond motifs is 4. The lowest BCUT2D eigenvalue weighted by atomic mass is 9.93. The molecule has 0 unspecified atom stereocenters. The van der Waals surface area contributed by atoms with E-state index < -0.39 is 0 Å². The highest BCUT2D eigenvalue weighted by Gasteiger charge is 2.23. The third-order valence-corrected chi connectivity index (χ3v) is 5.16. The standard InChI is InChI=1S/C23H18/c1-14(2)17-10-11-20-22-13-16-7-4-3-6-15(16)12-21(22)19-9-5-8-18(17)23(19)20/h3-14H,1-2H3. The lowest BCUT2D eigenvalue weighted by Gasteiger charge is -2.11. The van der Waals surface area contributed by atoms with Crippen LogP contribution in [0.25, 0.3) is 43.8 Å². The Bertz CT molecular complexity index is 1040. The van der Waals surface area contributed by atoms with E-state index in [-0.39, 0.29) is 0 Å². The summed E-state index contributed by atoms with van der Waals surface area (Å²) in [5, 5.41) is 5.49. The Morgan fingerprint density at radius 2 is 1.26 bits per heavy atom. The van der Waals surface area contributed by atoms with E-state index in [2.05, 4.69) is 80.6 Å². The van der Waals surface area contributed by atoms with E-state index in [9.17, 15) is 0 Å². The van der Waals surface area contributed by atoms with Crippen LogP contribution < -0.4 is 0 Å². The predicted octanol–water partition coefficient (Wildman–Crippen LogP) is 6.76. The second kappa shape index (κ2) is 4.45. The highest BCUT2D eigenvalue weighted by Crippen LogP contribution is 2.49. The summed E-state index contributed by atoms with van der Waals surface area (Å²) in [6, 6.07) is 24.8. The van der Waals surface area contributed by atoms with Gasteiger partial charge in [-0.25, -0.2) is 0 Å². The van der Waals surface area contributed by atoms with Gasteiger partial charge in [-0.15, -0.1) is 0 Å². The first-order valence-electron chi connectivity index (χ1n) is 8.33. The molecule has 0 nitrogen and oxygen atoms in total. The monoisotopic (exact) mass is 294 g/mol. The van der Waals surface area contributed by atoms with E-state index in [1.54, 1.807) is 0 Å². The van der Waals surface area contributed by atoms with E-state index in [0.717, 1.165) is 0 Å². The Morgan fingerprint density at radius 1 is 0.609 bits per heavy atom. The van der Waals surface area contributed by atoms with E-state index in [4.69, 9.17) is 0 Å². The highest BCUT2D eigenvalue weighted by atomic mass is 14.3. The number of hydrogen-bond acceptors (Lipinski definition) is 0. The van der Waals surface area contributed by atoms with Crippen molar-refractivity contribution in [3.63, 3.8) is 0 Å². The average Bonchev–Trinajstić information content (AvgIpc) is 2.88. The molecule has 0 saturated heterocycles. The molecule has 23 heavy (non-hydrogen) atoms. The van der Waals surface area contributed by atoms with Crippen molar-refractivity contribution in [1.29, 1.82) is 0 Å². The van der Waals surface area contributed by atoms with Crippen molar-refractivity contribution in [3.05, 3.63) is 72.3 Å². The first kappa shape index (κ1) is 12.9. The van der Waals surface area contributed by atoms with Crippen molar-refractivity contribution in [2.45, 2.75) is 19.8 Å². The molecule has 0 spiro atoms. The Labute approximate surface area is 136 Å². The Morgan fingerprint density at radius 3 is 1.91 bits per heavy atom. The normalized spacial score (nSPS) is 12.3. The summed E-state index contributed by atoms with van der Waals surface area (Å²) in [4.78, 5) is 0. The quantitative estimate of drug-likeness (QED) is 0.320. The highest BCUT2D eigenvalue weighted by molar-refractivity contribution is 6.18. The maximum absolute atomic E-state index is 2.36. The topological polar surface area (TPSA) is 0 Å². The van der Waals surface area contributed by atoms with Gasteiger partial charge in [-0.2, -0.15) is 0 Å². The van der Waals surface area contributed by atoms with Crippen molar-refractivity contribution < 1.29 is 0 Å². The molecule has 0 amide bonds. The van der Waals surface area contributed by atoms with Crippen LogP contribution in [0.5, 0.6) is 0 Å². The summed E-state index contributed by atoms with van der Waals surface area (Å²) in [5.41, 5.74) is 6.99. The van der Waals surface area contributed by atoms with Crippen molar-refractivity contribution in [1.82, 2.24) is 0 Å². The van der Waals surface area contributed by atoms with Crippen LogP contribution >= 0.6 is 0 Å². The van der Waals surface area contributed by atoms with Gasteiger partial charge in [0.1, 0.15) is 0 Å². The molecule has 0 heterocycles. The molecule has 0 saturated carbocycles. The Balaban J connectivity index is 1.95. The fourth-order valence-corrected chi connectivity index (χ4v) is 4.07. The number of hydrogen-bond donors (Lipinski definition) is 0. The maximum Gasteiger partial charge on any atom is -0.00235 e. The van der Waals surface area contributed by atoms with Gasteiger partial charge in [0.05, 0.1) is 0 Å². The molecule has 0 aromatic heterocycles. The SMILES string of the molecule is CC(C)c1ccc2c3c(cccc13)-c1cc3ccccc3cc1-2. The first-order chi connectivity index (χ1) is 11.2. The molecule has 4 aromatic rings. The molecule has 110 valence electrons. The fraction of sp³-hybridized carbons (Fsp3) is 0.130. The molecule has 0 heteroatoms. The van der Waals surface area contributed by atoms with Gasteiger partial charge in [0.2, 0.25) is 0 Å². The van der Waals surface area contributed by atoms with E-state index in [1.165, 1.54) is 49.4 Å². The van der Waals surface area contributed by atoms with Gasteiger partial charge in [-0.3, -0.25) is 0 Å². The molecule has 0 N–H and O–H groups in total. The Kier molecular flexibility index (Phi) is 2.50. The van der Waals surface area contributed by atoms with Crippen molar-refractivity contribution in [3.8, 4) is 22.3 Å². The van der Waals surface area contributed by atoms with Crippen LogP contribution in [0, 0.1) is 0 Å². The molecule has 0 atom stereocenters.